The minimum absolute atomic E-state index is 0.0703. The Labute approximate surface area is 236 Å². The van der Waals surface area contributed by atoms with Crippen molar-refractivity contribution in [2.45, 2.75) is 40.4 Å². The molecule has 0 radical (unpaired) electrons. The number of carbonyl (C=O) groups excluding carboxylic acids is 3. The molecule has 3 rings (SSSR count). The van der Waals surface area contributed by atoms with Crippen LogP contribution < -0.4 is 36.7 Å². The lowest BCUT2D eigenvalue weighted by molar-refractivity contribution is -0.676. The van der Waals surface area contributed by atoms with Gasteiger partial charge in [-0.25, -0.2) is 19.1 Å². The molecule has 1 aromatic carbocycles. The number of hydrogen-bond acceptors (Lipinski definition) is 9. The van der Waals surface area contributed by atoms with Gasteiger partial charge in [0, 0.05) is 32.3 Å². The van der Waals surface area contributed by atoms with Crippen molar-refractivity contribution in [1.82, 2.24) is 30.5 Å². The summed E-state index contributed by atoms with van der Waals surface area (Å²) in [5, 5.41) is 8.17. The number of methoxy groups -OCH3 is 1. The van der Waals surface area contributed by atoms with Gasteiger partial charge in [-0.05, 0) is 20.8 Å². The quantitative estimate of drug-likeness (QED) is 0.141. The maximum atomic E-state index is 13.0. The third kappa shape index (κ3) is 6.69. The number of nitrogen functional groups attached to an aromatic ring is 2. The molecule has 0 bridgehead atoms. The number of nitrogens with two attached hydrogens (primary N) is 2. The zero-order valence-electron chi connectivity index (χ0n) is 23.0. The van der Waals surface area contributed by atoms with Crippen molar-refractivity contribution in [3.63, 3.8) is 0 Å². The van der Waals surface area contributed by atoms with Crippen LogP contribution in [0.1, 0.15) is 47.4 Å². The van der Waals surface area contributed by atoms with E-state index in [1.54, 1.807) is 19.2 Å². The molecule has 7 N–H and O–H groups in total. The van der Waals surface area contributed by atoms with Crippen LogP contribution in [0.25, 0.3) is 11.0 Å². The summed E-state index contributed by atoms with van der Waals surface area (Å²) in [5.41, 5.74) is 13.1. The maximum absolute atomic E-state index is 13.0. The minimum atomic E-state index is -0.575. The molecule has 3 aromatic rings. The molecule has 40 heavy (non-hydrogen) atoms. The number of imidazole rings is 1. The van der Waals surface area contributed by atoms with Crippen LogP contribution in [-0.2, 0) is 29.2 Å². The van der Waals surface area contributed by atoms with Gasteiger partial charge in [-0.3, -0.25) is 14.4 Å². The molecule has 0 atom stereocenters. The van der Waals surface area contributed by atoms with Crippen LogP contribution in [0.4, 0.5) is 11.6 Å². The number of amides is 3. The number of halogens is 1. The van der Waals surface area contributed by atoms with Gasteiger partial charge in [-0.1, -0.05) is 11.6 Å². The molecule has 0 aliphatic heterocycles. The SMILES string of the molecule is CCNC(=O)c1cc2c(cc1OCC(=O)NCCOC)n(CC)c(CNC(=O)c1nc(Cl)c(N)nc1N)[n+]2CC. The summed E-state index contributed by atoms with van der Waals surface area (Å²) < 4.78 is 14.7. The number of anilines is 2. The molecule has 14 nitrogen and oxygen atoms in total. The zero-order chi connectivity index (χ0) is 29.4. The van der Waals surface area contributed by atoms with Gasteiger partial charge in [0.25, 0.3) is 23.5 Å². The van der Waals surface area contributed by atoms with Crippen molar-refractivity contribution in [3.8, 4) is 5.75 Å². The Morgan fingerprint density at radius 2 is 1.80 bits per heavy atom. The summed E-state index contributed by atoms with van der Waals surface area (Å²) in [6.45, 7) is 7.75. The first-order valence-corrected chi connectivity index (χ1v) is 13.2. The number of hydrogen-bond donors (Lipinski definition) is 5. The lowest BCUT2D eigenvalue weighted by Gasteiger charge is -2.11. The third-order valence-corrected chi connectivity index (χ3v) is 6.29. The number of carbonyl (C=O) groups is 3. The fourth-order valence-corrected chi connectivity index (χ4v) is 4.33. The molecule has 0 aliphatic carbocycles. The largest absolute Gasteiger partial charge is 0.483 e. The normalized spacial score (nSPS) is 10.9. The predicted octanol–water partition coefficient (Wildman–Crippen LogP) is 0.398. The Kier molecular flexibility index (Phi) is 10.4. The Balaban J connectivity index is 1.99. The Morgan fingerprint density at radius 3 is 2.45 bits per heavy atom. The topological polar surface area (TPSA) is 192 Å². The van der Waals surface area contributed by atoms with E-state index >= 15 is 0 Å². The second-order valence-electron chi connectivity index (χ2n) is 8.55. The van der Waals surface area contributed by atoms with E-state index in [-0.39, 0.29) is 58.8 Å². The fourth-order valence-electron chi connectivity index (χ4n) is 4.20. The Morgan fingerprint density at radius 1 is 1.05 bits per heavy atom. The number of aromatic nitrogens is 4. The van der Waals surface area contributed by atoms with Crippen molar-refractivity contribution < 1.29 is 28.4 Å². The Bertz CT molecular complexity index is 1410. The molecular weight excluding hydrogens is 542 g/mol. The van der Waals surface area contributed by atoms with Crippen LogP contribution in [-0.4, -0.2) is 65.7 Å². The van der Waals surface area contributed by atoms with Gasteiger partial charge >= 0.3 is 0 Å². The van der Waals surface area contributed by atoms with E-state index < -0.39 is 5.91 Å². The van der Waals surface area contributed by atoms with Crippen LogP contribution in [0.5, 0.6) is 5.75 Å². The third-order valence-electron chi connectivity index (χ3n) is 6.01. The van der Waals surface area contributed by atoms with E-state index in [0.29, 0.717) is 32.8 Å². The van der Waals surface area contributed by atoms with Gasteiger partial charge in [0.05, 0.1) is 25.3 Å². The highest BCUT2D eigenvalue weighted by Gasteiger charge is 2.28. The van der Waals surface area contributed by atoms with Crippen molar-refractivity contribution in [3.05, 3.63) is 34.4 Å². The number of aryl methyl sites for hydroxylation is 2. The van der Waals surface area contributed by atoms with Crippen LogP contribution in [0, 0.1) is 0 Å². The molecule has 0 fully saturated rings. The van der Waals surface area contributed by atoms with Gasteiger partial charge in [-0.15, -0.1) is 0 Å². The van der Waals surface area contributed by atoms with Crippen LogP contribution in [0.3, 0.4) is 0 Å². The van der Waals surface area contributed by atoms with Gasteiger partial charge < -0.3 is 36.9 Å². The molecule has 15 heteroatoms. The highest BCUT2D eigenvalue weighted by Crippen LogP contribution is 2.27. The minimum Gasteiger partial charge on any atom is -0.483 e. The molecule has 216 valence electrons. The van der Waals surface area contributed by atoms with E-state index in [1.165, 1.54) is 0 Å². The number of nitrogens with one attached hydrogen (secondary N) is 3. The van der Waals surface area contributed by atoms with Crippen LogP contribution in [0.15, 0.2) is 12.1 Å². The second kappa shape index (κ2) is 13.8. The lowest BCUT2D eigenvalue weighted by atomic mass is 10.1. The molecule has 0 spiro atoms. The van der Waals surface area contributed by atoms with Crippen molar-refractivity contribution >= 4 is 52.0 Å². The first kappa shape index (κ1) is 30.4. The molecule has 0 saturated heterocycles. The molecule has 0 aliphatic rings. The van der Waals surface area contributed by atoms with Gasteiger partial charge in [0.15, 0.2) is 40.1 Å². The van der Waals surface area contributed by atoms with Gasteiger partial charge in [0.2, 0.25) is 0 Å². The molecule has 0 saturated carbocycles. The summed E-state index contributed by atoms with van der Waals surface area (Å²) in [7, 11) is 1.54. The van der Waals surface area contributed by atoms with Crippen molar-refractivity contribution in [2.24, 2.45) is 0 Å². The number of benzene rings is 1. The molecule has 3 amide bonds. The summed E-state index contributed by atoms with van der Waals surface area (Å²) in [6.07, 6.45) is 0. The van der Waals surface area contributed by atoms with E-state index in [4.69, 9.17) is 32.5 Å². The number of fused-ring (bicyclic) bond motifs is 1. The lowest BCUT2D eigenvalue weighted by Crippen LogP contribution is -2.40. The van der Waals surface area contributed by atoms with E-state index in [9.17, 15) is 14.4 Å². The molecule has 2 heterocycles. The molecular formula is C25H35ClN9O5+. The summed E-state index contributed by atoms with van der Waals surface area (Å²) in [5.74, 6) is -0.465. The van der Waals surface area contributed by atoms with E-state index in [0.717, 1.165) is 16.9 Å². The van der Waals surface area contributed by atoms with Gasteiger partial charge in [0.1, 0.15) is 12.3 Å². The van der Waals surface area contributed by atoms with Crippen LogP contribution in [0.2, 0.25) is 5.15 Å². The number of nitrogens with zero attached hydrogens (tertiary/aromatic N) is 4. The first-order chi connectivity index (χ1) is 19.2. The molecule has 2 aromatic heterocycles. The van der Waals surface area contributed by atoms with Crippen molar-refractivity contribution in [1.29, 1.82) is 0 Å². The summed E-state index contributed by atoms with van der Waals surface area (Å²) in [6, 6.07) is 3.45. The highest BCUT2D eigenvalue weighted by molar-refractivity contribution is 6.31. The summed E-state index contributed by atoms with van der Waals surface area (Å²) >= 11 is 5.93. The van der Waals surface area contributed by atoms with Gasteiger partial charge in [-0.2, -0.15) is 0 Å². The Hall–Kier alpha value is -4.17. The predicted molar refractivity (Wildman–Crippen MR) is 149 cm³/mol. The van der Waals surface area contributed by atoms with E-state index in [2.05, 4.69) is 25.9 Å². The zero-order valence-corrected chi connectivity index (χ0v) is 23.7. The monoisotopic (exact) mass is 576 g/mol. The smallest absolute Gasteiger partial charge is 0.277 e. The summed E-state index contributed by atoms with van der Waals surface area (Å²) in [4.78, 5) is 45.9. The van der Waals surface area contributed by atoms with Crippen molar-refractivity contribution in [2.75, 3.05) is 44.9 Å². The average molecular weight is 577 g/mol. The van der Waals surface area contributed by atoms with E-state index in [1.807, 2.05) is 29.9 Å². The fraction of sp³-hybridized carbons (Fsp3) is 0.440. The number of rotatable bonds is 13. The van der Waals surface area contributed by atoms with Crippen LogP contribution >= 0.6 is 11.6 Å². The second-order valence-corrected chi connectivity index (χ2v) is 8.91. The maximum Gasteiger partial charge on any atom is 0.277 e. The first-order valence-electron chi connectivity index (χ1n) is 12.8. The average Bonchev–Trinajstić information content (AvgIpc) is 3.23. The molecule has 0 unspecified atom stereocenters. The number of ether oxygens (including phenoxy) is 2. The highest BCUT2D eigenvalue weighted by atomic mass is 35.5. The standard InChI is InChI=1S/C25H34ClN9O5/c1-5-29-24(37)14-10-15-16(11-17(14)40-13-18(36)30-8-9-39-4)35(7-3)19(34(15)6-2)12-31-25(38)20-22(27)33-23(28)21(26)32-20/h10-11H,5-9,12-13H2,1-4H3,(H6-,27,28,29,30,31,33,36,37,38)/p+1.